The third kappa shape index (κ3) is 2.54. The Labute approximate surface area is 129 Å². The first-order chi connectivity index (χ1) is 10.1. The Bertz CT molecular complexity index is 666. The van der Waals surface area contributed by atoms with Crippen LogP contribution in [0.15, 0.2) is 18.2 Å². The fraction of sp³-hybridized carbons (Fsp3) is 0.438. The number of nitrogens with zero attached hydrogens (tertiary/aromatic N) is 2. The van der Waals surface area contributed by atoms with Crippen LogP contribution in [0.25, 0.3) is 0 Å². The van der Waals surface area contributed by atoms with Crippen LogP contribution in [0, 0.1) is 6.92 Å². The summed E-state index contributed by atoms with van der Waals surface area (Å²) in [5, 5.41) is 5.11. The molecular formula is C16H20ClN3O. The van der Waals surface area contributed by atoms with Gasteiger partial charge in [-0.2, -0.15) is 5.10 Å². The van der Waals surface area contributed by atoms with Crippen LogP contribution in [0.1, 0.15) is 41.9 Å². The van der Waals surface area contributed by atoms with Gasteiger partial charge in [0, 0.05) is 12.6 Å². The highest BCUT2D eigenvalue weighted by Crippen LogP contribution is 2.36. The summed E-state index contributed by atoms with van der Waals surface area (Å²) in [5.41, 5.74) is 10.3. The summed E-state index contributed by atoms with van der Waals surface area (Å²) in [6.45, 7) is 5.17. The highest BCUT2D eigenvalue weighted by molar-refractivity contribution is 6.31. The lowest BCUT2D eigenvalue weighted by Crippen LogP contribution is -2.08. The predicted octanol–water partition coefficient (Wildman–Crippen LogP) is 3.39. The maximum atomic E-state index is 6.32. The molecule has 1 aromatic heterocycles. The summed E-state index contributed by atoms with van der Waals surface area (Å²) in [4.78, 5) is 0. The molecule has 1 aliphatic rings. The van der Waals surface area contributed by atoms with Crippen molar-refractivity contribution in [1.82, 2.24) is 9.78 Å². The highest BCUT2D eigenvalue weighted by Gasteiger charge is 2.22. The molecule has 4 nitrogen and oxygen atoms in total. The van der Waals surface area contributed by atoms with Crippen molar-refractivity contribution in [2.75, 3.05) is 0 Å². The van der Waals surface area contributed by atoms with Crippen LogP contribution in [0.5, 0.6) is 5.75 Å². The molecule has 112 valence electrons. The summed E-state index contributed by atoms with van der Waals surface area (Å²) in [6, 6.07) is 6.23. The normalized spacial score (nSPS) is 17.0. The van der Waals surface area contributed by atoms with Gasteiger partial charge in [0.15, 0.2) is 0 Å². The van der Waals surface area contributed by atoms with Gasteiger partial charge in [-0.25, -0.2) is 0 Å². The molecule has 1 unspecified atom stereocenters. The van der Waals surface area contributed by atoms with E-state index in [-0.39, 0.29) is 6.04 Å². The fourth-order valence-corrected chi connectivity index (χ4v) is 3.13. The molecule has 21 heavy (non-hydrogen) atoms. The van der Waals surface area contributed by atoms with Crippen LogP contribution in [-0.2, 0) is 19.6 Å². The number of aryl methyl sites for hydroxylation is 2. The van der Waals surface area contributed by atoms with Crippen molar-refractivity contribution in [2.45, 2.75) is 45.9 Å². The Kier molecular flexibility index (Phi) is 3.91. The molecule has 0 aliphatic heterocycles. The van der Waals surface area contributed by atoms with E-state index in [1.807, 2.05) is 30.7 Å². The number of halogens is 1. The van der Waals surface area contributed by atoms with Crippen LogP contribution in [-0.4, -0.2) is 9.78 Å². The van der Waals surface area contributed by atoms with Gasteiger partial charge in [0.1, 0.15) is 12.4 Å². The maximum Gasteiger partial charge on any atom is 0.131 e. The number of nitrogens with two attached hydrogens (primary N) is 1. The SMILES string of the molecule is CCn1nc(C)c(Cl)c1COc1cccc2c1CCC2N. The van der Waals surface area contributed by atoms with Crippen molar-refractivity contribution in [1.29, 1.82) is 0 Å². The van der Waals surface area contributed by atoms with E-state index in [0.29, 0.717) is 11.6 Å². The number of rotatable bonds is 4. The molecule has 1 atom stereocenters. The number of ether oxygens (including phenoxy) is 1. The number of fused-ring (bicyclic) bond motifs is 1. The topological polar surface area (TPSA) is 53.1 Å². The van der Waals surface area contributed by atoms with Gasteiger partial charge >= 0.3 is 0 Å². The zero-order valence-electron chi connectivity index (χ0n) is 12.4. The van der Waals surface area contributed by atoms with Gasteiger partial charge in [0.25, 0.3) is 0 Å². The molecule has 2 aromatic rings. The van der Waals surface area contributed by atoms with E-state index in [9.17, 15) is 0 Å². The van der Waals surface area contributed by atoms with Gasteiger partial charge in [-0.3, -0.25) is 4.68 Å². The quantitative estimate of drug-likeness (QED) is 0.942. The molecule has 1 heterocycles. The average Bonchev–Trinajstić information content (AvgIpc) is 2.99. The third-order valence-corrected chi connectivity index (χ3v) is 4.58. The molecule has 1 aromatic carbocycles. The summed E-state index contributed by atoms with van der Waals surface area (Å²) in [5.74, 6) is 0.915. The molecule has 0 radical (unpaired) electrons. The van der Waals surface area contributed by atoms with Gasteiger partial charge < -0.3 is 10.5 Å². The second-order valence-corrected chi connectivity index (χ2v) is 5.80. The Morgan fingerprint density at radius 1 is 1.48 bits per heavy atom. The predicted molar refractivity (Wildman–Crippen MR) is 83.7 cm³/mol. The zero-order chi connectivity index (χ0) is 15.0. The zero-order valence-corrected chi connectivity index (χ0v) is 13.2. The Morgan fingerprint density at radius 3 is 3.05 bits per heavy atom. The minimum Gasteiger partial charge on any atom is -0.487 e. The van der Waals surface area contributed by atoms with E-state index in [0.717, 1.165) is 36.5 Å². The van der Waals surface area contributed by atoms with E-state index in [2.05, 4.69) is 11.2 Å². The molecule has 0 spiro atoms. The molecule has 0 saturated carbocycles. The van der Waals surface area contributed by atoms with Crippen LogP contribution in [0.3, 0.4) is 0 Å². The second kappa shape index (κ2) is 5.70. The fourth-order valence-electron chi connectivity index (χ4n) is 2.94. The molecule has 1 aliphatic carbocycles. The molecule has 0 saturated heterocycles. The van der Waals surface area contributed by atoms with E-state index in [4.69, 9.17) is 22.1 Å². The van der Waals surface area contributed by atoms with Crippen molar-refractivity contribution in [3.63, 3.8) is 0 Å². The Hall–Kier alpha value is -1.52. The molecular weight excluding hydrogens is 286 g/mol. The molecule has 5 heteroatoms. The van der Waals surface area contributed by atoms with E-state index in [1.165, 1.54) is 11.1 Å². The van der Waals surface area contributed by atoms with Crippen LogP contribution in [0.2, 0.25) is 5.02 Å². The largest absolute Gasteiger partial charge is 0.487 e. The van der Waals surface area contributed by atoms with Gasteiger partial charge in [-0.1, -0.05) is 23.7 Å². The molecule has 2 N–H and O–H groups in total. The number of benzene rings is 1. The lowest BCUT2D eigenvalue weighted by molar-refractivity contribution is 0.290. The maximum absolute atomic E-state index is 6.32. The smallest absolute Gasteiger partial charge is 0.131 e. The first kappa shape index (κ1) is 14.4. The number of hydrogen-bond donors (Lipinski definition) is 1. The Balaban J connectivity index is 1.84. The summed E-state index contributed by atoms with van der Waals surface area (Å²) >= 11 is 6.32. The van der Waals surface area contributed by atoms with Crippen LogP contribution in [0.4, 0.5) is 0 Å². The minimum atomic E-state index is 0.135. The van der Waals surface area contributed by atoms with Crippen molar-refractivity contribution < 1.29 is 4.74 Å². The lowest BCUT2D eigenvalue weighted by atomic mass is 10.1. The first-order valence-corrected chi connectivity index (χ1v) is 7.71. The molecule has 0 fully saturated rings. The monoisotopic (exact) mass is 305 g/mol. The van der Waals surface area contributed by atoms with Crippen LogP contribution >= 0.6 is 11.6 Å². The minimum absolute atomic E-state index is 0.135. The highest BCUT2D eigenvalue weighted by atomic mass is 35.5. The first-order valence-electron chi connectivity index (χ1n) is 7.33. The third-order valence-electron chi connectivity index (χ3n) is 4.09. The van der Waals surface area contributed by atoms with Gasteiger partial charge in [-0.05, 0) is 43.9 Å². The number of hydrogen-bond acceptors (Lipinski definition) is 3. The lowest BCUT2D eigenvalue weighted by Gasteiger charge is -2.12. The van der Waals surface area contributed by atoms with Crippen molar-refractivity contribution in [3.8, 4) is 5.75 Å². The van der Waals surface area contributed by atoms with E-state index in [1.54, 1.807) is 0 Å². The second-order valence-electron chi connectivity index (χ2n) is 5.42. The molecule has 0 bridgehead atoms. The van der Waals surface area contributed by atoms with Gasteiger partial charge in [-0.15, -0.1) is 0 Å². The van der Waals surface area contributed by atoms with Crippen LogP contribution < -0.4 is 10.5 Å². The van der Waals surface area contributed by atoms with E-state index >= 15 is 0 Å². The average molecular weight is 306 g/mol. The van der Waals surface area contributed by atoms with Gasteiger partial charge in [0.05, 0.1) is 16.4 Å². The van der Waals surface area contributed by atoms with Crippen molar-refractivity contribution in [3.05, 3.63) is 45.7 Å². The van der Waals surface area contributed by atoms with Crippen molar-refractivity contribution >= 4 is 11.6 Å². The Morgan fingerprint density at radius 2 is 2.29 bits per heavy atom. The summed E-state index contributed by atoms with van der Waals surface area (Å²) in [6.07, 6.45) is 1.97. The van der Waals surface area contributed by atoms with E-state index < -0.39 is 0 Å². The molecule has 0 amide bonds. The standard InChI is InChI=1S/C16H20ClN3O/c1-3-20-14(16(17)10(2)19-20)9-21-15-6-4-5-11-12(15)7-8-13(11)18/h4-6,13H,3,7-9,18H2,1-2H3. The van der Waals surface area contributed by atoms with Gasteiger partial charge in [0.2, 0.25) is 0 Å². The number of aromatic nitrogens is 2. The van der Waals surface area contributed by atoms with Crippen molar-refractivity contribution in [2.24, 2.45) is 5.73 Å². The summed E-state index contributed by atoms with van der Waals surface area (Å²) < 4.78 is 7.91. The molecule has 3 rings (SSSR count). The summed E-state index contributed by atoms with van der Waals surface area (Å²) in [7, 11) is 0.